The minimum atomic E-state index is -4.87. The molecule has 8 nitrogen and oxygen atoms in total. The third kappa shape index (κ3) is 7.73. The molecule has 0 N–H and O–H groups in total. The number of anilines is 2. The van der Waals surface area contributed by atoms with Gasteiger partial charge < -0.3 is 19.4 Å². The fraction of sp³-hybridized carbons (Fsp3) is 0.500. The molecule has 15 heteroatoms. The average molecular weight is 611 g/mol. The van der Waals surface area contributed by atoms with Gasteiger partial charge >= 0.3 is 12.4 Å². The number of halogens is 7. The molecule has 0 unspecified atom stereocenters. The fourth-order valence-electron chi connectivity index (χ4n) is 4.81. The Morgan fingerprint density at radius 3 is 1.93 bits per heavy atom. The summed E-state index contributed by atoms with van der Waals surface area (Å²) in [6.07, 6.45) is -8.86. The number of nitro benzene ring substituents is 1. The molecule has 1 amide bonds. The molecule has 2 saturated heterocycles. The first-order valence-corrected chi connectivity index (χ1v) is 12.7. The number of hydrogen-bond donors (Lipinski definition) is 0. The average Bonchev–Trinajstić information content (AvgIpc) is 2.91. The van der Waals surface area contributed by atoms with Gasteiger partial charge in [0, 0.05) is 56.7 Å². The molecular weight excluding hydrogens is 582 g/mol. The number of benzene rings is 2. The van der Waals surface area contributed by atoms with Crippen molar-refractivity contribution in [2.75, 3.05) is 55.7 Å². The van der Waals surface area contributed by atoms with Crippen LogP contribution in [0.3, 0.4) is 0 Å². The highest BCUT2D eigenvalue weighted by Gasteiger charge is 2.39. The van der Waals surface area contributed by atoms with Crippen molar-refractivity contribution in [2.24, 2.45) is 0 Å². The number of piperazine rings is 1. The van der Waals surface area contributed by atoms with Crippen molar-refractivity contribution in [1.29, 1.82) is 0 Å². The summed E-state index contributed by atoms with van der Waals surface area (Å²) >= 11 is 5.69. The molecule has 2 aromatic rings. The largest absolute Gasteiger partial charge is 0.423 e. The minimum absolute atomic E-state index is 0. The summed E-state index contributed by atoms with van der Waals surface area (Å²) in [5.74, 6) is -0.264. The van der Waals surface area contributed by atoms with Crippen molar-refractivity contribution >= 4 is 34.6 Å². The molecule has 2 fully saturated rings. The zero-order chi connectivity index (χ0) is 29.2. The summed E-state index contributed by atoms with van der Waals surface area (Å²) in [5, 5.41) is 10.6. The van der Waals surface area contributed by atoms with Gasteiger partial charge in [-0.1, -0.05) is 19.0 Å². The second-order valence-corrected chi connectivity index (χ2v) is 9.89. The van der Waals surface area contributed by atoms with E-state index in [1.807, 2.05) is 0 Å². The van der Waals surface area contributed by atoms with Crippen LogP contribution in [-0.2, 0) is 21.9 Å². The molecule has 2 aliphatic heterocycles. The molecule has 0 atom stereocenters. The number of rotatable bonds is 6. The highest BCUT2D eigenvalue weighted by molar-refractivity contribution is 6.31. The maximum atomic E-state index is 13.3. The second kappa shape index (κ2) is 12.7. The van der Waals surface area contributed by atoms with Crippen molar-refractivity contribution in [3.63, 3.8) is 0 Å². The number of nitrogens with zero attached hydrogens (tertiary/aromatic N) is 4. The monoisotopic (exact) mass is 610 g/mol. The summed E-state index contributed by atoms with van der Waals surface area (Å²) in [4.78, 5) is 27.6. The predicted octanol–water partition coefficient (Wildman–Crippen LogP) is 6.26. The maximum absolute atomic E-state index is 13.3. The Labute approximate surface area is 237 Å². The van der Waals surface area contributed by atoms with Gasteiger partial charge in [0.1, 0.15) is 12.2 Å². The first-order valence-electron chi connectivity index (χ1n) is 12.4. The highest BCUT2D eigenvalue weighted by atomic mass is 35.5. The lowest BCUT2D eigenvalue weighted by Crippen LogP contribution is -2.50. The molecule has 0 spiro atoms. The van der Waals surface area contributed by atoms with Gasteiger partial charge in [0.2, 0.25) is 5.91 Å². The van der Waals surface area contributed by atoms with Crippen LogP contribution < -0.4 is 9.80 Å². The van der Waals surface area contributed by atoms with Crippen LogP contribution in [0.5, 0.6) is 0 Å². The van der Waals surface area contributed by atoms with E-state index in [1.165, 1.54) is 18.2 Å². The number of hydrogen-bond acceptors (Lipinski definition) is 6. The van der Waals surface area contributed by atoms with E-state index in [4.69, 9.17) is 16.3 Å². The van der Waals surface area contributed by atoms with Crippen LogP contribution in [-0.4, -0.2) is 67.7 Å². The van der Waals surface area contributed by atoms with E-state index in [0.717, 1.165) is 18.2 Å². The highest BCUT2D eigenvalue weighted by Crippen LogP contribution is 2.39. The van der Waals surface area contributed by atoms with Crippen molar-refractivity contribution in [3.05, 3.63) is 62.7 Å². The molecule has 0 aromatic heterocycles. The molecule has 0 saturated carbocycles. The molecule has 0 aliphatic carbocycles. The Bertz CT molecular complexity index is 1240. The first kappa shape index (κ1) is 32.3. The molecule has 0 bridgehead atoms. The number of carbonyl (C=O) groups is 1. The van der Waals surface area contributed by atoms with Crippen LogP contribution in [0.2, 0.25) is 5.02 Å². The molecule has 0 radical (unpaired) electrons. The Morgan fingerprint density at radius 2 is 1.39 bits per heavy atom. The number of nitro groups is 1. The topological polar surface area (TPSA) is 79.2 Å². The zero-order valence-electron chi connectivity index (χ0n) is 21.0. The molecule has 2 aromatic carbocycles. The van der Waals surface area contributed by atoms with E-state index in [0.29, 0.717) is 57.8 Å². The van der Waals surface area contributed by atoms with E-state index in [9.17, 15) is 41.3 Å². The lowest BCUT2D eigenvalue weighted by Gasteiger charge is -2.37. The third-order valence-corrected chi connectivity index (χ3v) is 7.31. The van der Waals surface area contributed by atoms with Crippen molar-refractivity contribution < 1.29 is 40.8 Å². The van der Waals surface area contributed by atoms with Crippen LogP contribution in [0.1, 0.15) is 31.4 Å². The van der Waals surface area contributed by atoms with E-state index in [-0.39, 0.29) is 36.8 Å². The van der Waals surface area contributed by atoms with Crippen molar-refractivity contribution in [2.45, 2.75) is 38.7 Å². The molecule has 226 valence electrons. The number of carbonyl (C=O) groups excluding carboxylic acids is 1. The summed E-state index contributed by atoms with van der Waals surface area (Å²) in [5.41, 5.74) is -2.65. The van der Waals surface area contributed by atoms with Crippen LogP contribution in [0, 0.1) is 10.1 Å². The fourth-order valence-corrected chi connectivity index (χ4v) is 5.03. The summed E-state index contributed by atoms with van der Waals surface area (Å²) < 4.78 is 85.2. The lowest BCUT2D eigenvalue weighted by atomic mass is 10.1. The normalized spacial score (nSPS) is 16.9. The van der Waals surface area contributed by atoms with Crippen LogP contribution in [0.4, 0.5) is 43.4 Å². The molecule has 4 rings (SSSR count). The molecule has 41 heavy (non-hydrogen) atoms. The molecular formula is C26H29ClF6N4O4. The van der Waals surface area contributed by atoms with Gasteiger partial charge in [-0.05, 0) is 43.2 Å². The first-order chi connectivity index (χ1) is 18.7. The number of piperidine rings is 1. The van der Waals surface area contributed by atoms with Gasteiger partial charge in [0.15, 0.2) is 0 Å². The number of amides is 1. The van der Waals surface area contributed by atoms with Gasteiger partial charge in [-0.2, -0.15) is 26.3 Å². The van der Waals surface area contributed by atoms with E-state index >= 15 is 0 Å². The van der Waals surface area contributed by atoms with Gasteiger partial charge in [0.05, 0.1) is 21.6 Å². The molecule has 2 aliphatic rings. The smallest absolute Gasteiger partial charge is 0.371 e. The van der Waals surface area contributed by atoms with Gasteiger partial charge in [0.25, 0.3) is 5.69 Å². The number of ether oxygens (including phenoxy) is 1. The lowest BCUT2D eigenvalue weighted by molar-refractivity contribution is -0.388. The Hall–Kier alpha value is -3.26. The minimum Gasteiger partial charge on any atom is -0.371 e. The Morgan fingerprint density at radius 1 is 0.878 bits per heavy atom. The summed E-state index contributed by atoms with van der Waals surface area (Å²) in [7, 11) is 0. The van der Waals surface area contributed by atoms with E-state index in [1.54, 1.807) is 14.7 Å². The number of alkyl halides is 6. The van der Waals surface area contributed by atoms with Crippen LogP contribution >= 0.6 is 11.6 Å². The summed E-state index contributed by atoms with van der Waals surface area (Å²) in [6, 6.07) is 6.61. The quantitative estimate of drug-likeness (QED) is 0.218. The maximum Gasteiger partial charge on any atom is 0.423 e. The second-order valence-electron chi connectivity index (χ2n) is 9.48. The summed E-state index contributed by atoms with van der Waals surface area (Å²) in [6.45, 7) is 1.75. The van der Waals surface area contributed by atoms with Crippen LogP contribution in [0.25, 0.3) is 0 Å². The van der Waals surface area contributed by atoms with E-state index in [2.05, 4.69) is 0 Å². The zero-order valence-corrected chi connectivity index (χ0v) is 21.7. The van der Waals surface area contributed by atoms with Gasteiger partial charge in [-0.25, -0.2) is 0 Å². The Kier molecular flexibility index (Phi) is 10.0. The Balaban J connectivity index is 0.00000462. The predicted molar refractivity (Wildman–Crippen MR) is 141 cm³/mol. The third-order valence-electron chi connectivity index (χ3n) is 6.98. The SMILES string of the molecule is C.O=C(COC1CCN(c2ccc([N+](=O)[O-])c(C(F)(F)F)c2)CC1)N1CCN(c2ccc(Cl)c(C(F)(F)F)c2)CC1. The van der Waals surface area contributed by atoms with Gasteiger partial charge in [-0.3, -0.25) is 14.9 Å². The van der Waals surface area contributed by atoms with Crippen LogP contribution in [0.15, 0.2) is 36.4 Å². The van der Waals surface area contributed by atoms with E-state index < -0.39 is 34.1 Å². The standard InChI is InChI=1S/C25H25ClF6N4O4.CH4/c26-21-3-1-16(13-19(21)24(27,28)29)34-9-11-35(12-10-34)23(37)15-40-18-5-7-33(8-6-18)17-2-4-22(36(38)39)20(14-17)25(30,31)32;/h1-4,13-14,18H,5-12,15H2;1H4. The van der Waals surface area contributed by atoms with Crippen molar-refractivity contribution in [3.8, 4) is 0 Å². The van der Waals surface area contributed by atoms with Gasteiger partial charge in [-0.15, -0.1) is 0 Å². The molecule has 2 heterocycles. The van der Waals surface area contributed by atoms with Crippen molar-refractivity contribution in [1.82, 2.24) is 4.90 Å².